The molecule has 1 saturated heterocycles. The first-order valence-electron chi connectivity index (χ1n) is 6.81. The molecule has 0 saturated carbocycles. The fourth-order valence-corrected chi connectivity index (χ4v) is 3.60. The summed E-state index contributed by atoms with van der Waals surface area (Å²) in [5, 5.41) is 10.3. The van der Waals surface area contributed by atoms with Crippen LogP contribution in [0, 0.1) is 5.82 Å². The molecule has 1 heterocycles. The Bertz CT molecular complexity index is 932. The van der Waals surface area contributed by atoms with Gasteiger partial charge in [0.1, 0.15) is 37.0 Å². The normalized spacial score (nSPS) is 16.4. The van der Waals surface area contributed by atoms with E-state index in [0.717, 1.165) is 0 Å². The minimum absolute atomic E-state index is 0.0336. The van der Waals surface area contributed by atoms with Crippen LogP contribution in [0.25, 0.3) is 10.8 Å². The van der Waals surface area contributed by atoms with Crippen LogP contribution in [0.5, 0.6) is 11.5 Å². The SMILES string of the molecule is O=C1CN(c2c(O)cc3ccc(OCCF)cc3c2F)S(=O)(=O)N1. The number of anilines is 1. The molecule has 0 aromatic heterocycles. The molecule has 1 amide bonds. The van der Waals surface area contributed by atoms with E-state index in [0.29, 0.717) is 4.31 Å². The lowest BCUT2D eigenvalue weighted by Crippen LogP contribution is -2.30. The van der Waals surface area contributed by atoms with E-state index in [1.807, 2.05) is 0 Å². The molecule has 1 aliphatic rings. The number of fused-ring (bicyclic) bond motifs is 1. The van der Waals surface area contributed by atoms with Crippen molar-refractivity contribution >= 4 is 32.6 Å². The number of carbonyl (C=O) groups is 1. The predicted molar refractivity (Wildman–Crippen MR) is 81.4 cm³/mol. The summed E-state index contributed by atoms with van der Waals surface area (Å²) in [4.78, 5) is 11.3. The molecular formula is C14H12F2N2O5S. The Balaban J connectivity index is 2.16. The largest absolute Gasteiger partial charge is 0.506 e. The summed E-state index contributed by atoms with van der Waals surface area (Å²) in [6, 6.07) is 5.35. The number of rotatable bonds is 4. The van der Waals surface area contributed by atoms with Crippen molar-refractivity contribution in [1.29, 1.82) is 0 Å². The lowest BCUT2D eigenvalue weighted by molar-refractivity contribution is -0.117. The maximum Gasteiger partial charge on any atom is 0.326 e. The molecule has 24 heavy (non-hydrogen) atoms. The molecule has 1 fully saturated rings. The van der Waals surface area contributed by atoms with Crippen LogP contribution in [0.4, 0.5) is 14.5 Å². The summed E-state index contributed by atoms with van der Waals surface area (Å²) in [7, 11) is -4.27. The van der Waals surface area contributed by atoms with Gasteiger partial charge in [-0.15, -0.1) is 0 Å². The number of ether oxygens (including phenoxy) is 1. The van der Waals surface area contributed by atoms with Gasteiger partial charge in [0.2, 0.25) is 0 Å². The Morgan fingerprint density at radius 1 is 1.33 bits per heavy atom. The van der Waals surface area contributed by atoms with E-state index in [1.165, 1.54) is 24.3 Å². The molecule has 10 heteroatoms. The topological polar surface area (TPSA) is 95.9 Å². The summed E-state index contributed by atoms with van der Waals surface area (Å²) >= 11 is 0. The van der Waals surface area contributed by atoms with E-state index in [4.69, 9.17) is 4.74 Å². The number of benzene rings is 2. The fraction of sp³-hybridized carbons (Fsp3) is 0.214. The van der Waals surface area contributed by atoms with Crippen molar-refractivity contribution in [3.63, 3.8) is 0 Å². The molecule has 2 aromatic rings. The Morgan fingerprint density at radius 3 is 2.71 bits per heavy atom. The van der Waals surface area contributed by atoms with Gasteiger partial charge in [0.15, 0.2) is 5.82 Å². The van der Waals surface area contributed by atoms with Crippen molar-refractivity contribution in [3.05, 3.63) is 30.1 Å². The number of nitrogens with one attached hydrogen (secondary N) is 1. The first-order valence-corrected chi connectivity index (χ1v) is 8.25. The highest BCUT2D eigenvalue weighted by Gasteiger charge is 2.37. The molecule has 0 atom stereocenters. The third-order valence-electron chi connectivity index (χ3n) is 3.42. The standard InChI is InChI=1S/C14H12F2N2O5S/c15-3-4-23-9-2-1-8-5-11(19)14(13(16)10(8)6-9)18-7-12(20)17-24(18,21)22/h1-2,5-6,19H,3-4,7H2,(H,17,20). The molecule has 2 N–H and O–H groups in total. The first-order chi connectivity index (χ1) is 11.3. The van der Waals surface area contributed by atoms with Gasteiger partial charge in [0, 0.05) is 5.39 Å². The molecule has 7 nitrogen and oxygen atoms in total. The van der Waals surface area contributed by atoms with Gasteiger partial charge in [0.05, 0.1) is 0 Å². The number of amides is 1. The maximum atomic E-state index is 14.8. The van der Waals surface area contributed by atoms with Crippen molar-refractivity contribution in [2.45, 2.75) is 0 Å². The highest BCUT2D eigenvalue weighted by Crippen LogP contribution is 2.39. The van der Waals surface area contributed by atoms with E-state index >= 15 is 0 Å². The quantitative estimate of drug-likeness (QED) is 0.857. The number of hydrogen-bond acceptors (Lipinski definition) is 5. The number of carbonyl (C=O) groups excluding carboxylic acids is 1. The molecule has 3 rings (SSSR count). The van der Waals surface area contributed by atoms with Crippen LogP contribution < -0.4 is 13.8 Å². The van der Waals surface area contributed by atoms with Crippen LogP contribution in [0.15, 0.2) is 24.3 Å². The zero-order valence-corrected chi connectivity index (χ0v) is 12.9. The summed E-state index contributed by atoms with van der Waals surface area (Å²) in [5.74, 6) is -2.31. The number of phenols is 1. The van der Waals surface area contributed by atoms with Crippen molar-refractivity contribution in [2.75, 3.05) is 24.1 Å². The summed E-state index contributed by atoms with van der Waals surface area (Å²) in [6.45, 7) is -1.57. The summed E-state index contributed by atoms with van der Waals surface area (Å²) in [6.07, 6.45) is 0. The van der Waals surface area contributed by atoms with E-state index in [-0.39, 0.29) is 23.1 Å². The minimum atomic E-state index is -4.27. The van der Waals surface area contributed by atoms with Crippen LogP contribution in [0.2, 0.25) is 0 Å². The van der Waals surface area contributed by atoms with Gasteiger partial charge in [-0.25, -0.2) is 17.8 Å². The van der Waals surface area contributed by atoms with Gasteiger partial charge in [-0.2, -0.15) is 8.42 Å². The van der Waals surface area contributed by atoms with Gasteiger partial charge < -0.3 is 9.84 Å². The lowest BCUT2D eigenvalue weighted by Gasteiger charge is -2.18. The molecule has 128 valence electrons. The third kappa shape index (κ3) is 2.68. The van der Waals surface area contributed by atoms with Crippen LogP contribution in [-0.4, -0.2) is 39.3 Å². The molecule has 0 bridgehead atoms. The highest BCUT2D eigenvalue weighted by molar-refractivity contribution is 7.92. The molecule has 0 spiro atoms. The average molecular weight is 358 g/mol. The summed E-state index contributed by atoms with van der Waals surface area (Å²) < 4.78 is 58.0. The van der Waals surface area contributed by atoms with Crippen LogP contribution >= 0.6 is 0 Å². The van der Waals surface area contributed by atoms with Gasteiger partial charge in [-0.05, 0) is 23.6 Å². The Kier molecular flexibility index (Phi) is 3.91. The predicted octanol–water partition coefficient (Wildman–Crippen LogP) is 1.21. The maximum absolute atomic E-state index is 14.8. The number of nitrogens with zero attached hydrogens (tertiary/aromatic N) is 1. The van der Waals surface area contributed by atoms with E-state index in [9.17, 15) is 27.1 Å². The zero-order chi connectivity index (χ0) is 17.5. The molecule has 0 aliphatic carbocycles. The van der Waals surface area contributed by atoms with Crippen LogP contribution in [0.1, 0.15) is 0 Å². The van der Waals surface area contributed by atoms with E-state index in [2.05, 4.69) is 0 Å². The number of alkyl halides is 1. The number of phenolic OH excluding ortho intramolecular Hbond substituents is 1. The van der Waals surface area contributed by atoms with Crippen molar-refractivity contribution in [3.8, 4) is 11.5 Å². The molecule has 0 radical (unpaired) electrons. The second-order valence-corrected chi connectivity index (χ2v) is 6.61. The van der Waals surface area contributed by atoms with Gasteiger partial charge in [-0.3, -0.25) is 4.79 Å². The second-order valence-electron chi connectivity index (χ2n) is 5.02. The van der Waals surface area contributed by atoms with Crippen molar-refractivity contribution in [1.82, 2.24) is 4.72 Å². The lowest BCUT2D eigenvalue weighted by atomic mass is 10.1. The summed E-state index contributed by atoms with van der Waals surface area (Å²) in [5.41, 5.74) is -0.636. The van der Waals surface area contributed by atoms with E-state index < -0.39 is 46.6 Å². The Hall–Kier alpha value is -2.62. The van der Waals surface area contributed by atoms with Gasteiger partial charge in [0.25, 0.3) is 5.91 Å². The van der Waals surface area contributed by atoms with Crippen molar-refractivity contribution < 1.29 is 31.8 Å². The highest BCUT2D eigenvalue weighted by atomic mass is 32.2. The number of hydrogen-bond donors (Lipinski definition) is 2. The Labute approximate surface area is 135 Å². The molecule has 0 unspecified atom stereocenters. The van der Waals surface area contributed by atoms with Crippen LogP contribution in [0.3, 0.4) is 0 Å². The van der Waals surface area contributed by atoms with Crippen molar-refractivity contribution in [2.24, 2.45) is 0 Å². The number of halogens is 2. The smallest absolute Gasteiger partial charge is 0.326 e. The van der Waals surface area contributed by atoms with Gasteiger partial charge in [-0.1, -0.05) is 6.07 Å². The van der Waals surface area contributed by atoms with Crippen LogP contribution in [-0.2, 0) is 15.0 Å². The third-order valence-corrected chi connectivity index (χ3v) is 4.80. The zero-order valence-electron chi connectivity index (χ0n) is 12.1. The van der Waals surface area contributed by atoms with Gasteiger partial charge >= 0.3 is 10.2 Å². The minimum Gasteiger partial charge on any atom is -0.506 e. The average Bonchev–Trinajstić information content (AvgIpc) is 2.78. The fourth-order valence-electron chi connectivity index (χ4n) is 2.44. The van der Waals surface area contributed by atoms with E-state index in [1.54, 1.807) is 4.72 Å². The first kappa shape index (κ1) is 16.2. The molecular weight excluding hydrogens is 346 g/mol. The second kappa shape index (κ2) is 5.78. The monoisotopic (exact) mass is 358 g/mol. The molecule has 2 aromatic carbocycles. The molecule has 1 aliphatic heterocycles. The Morgan fingerprint density at radius 2 is 2.08 bits per heavy atom. The number of aromatic hydroxyl groups is 1.